The minimum absolute atomic E-state index is 0.0799. The number of ether oxygens (including phenoxy) is 1. The van der Waals surface area contributed by atoms with Crippen molar-refractivity contribution in [3.63, 3.8) is 0 Å². The van der Waals surface area contributed by atoms with Crippen LogP contribution in [0.5, 0.6) is 0 Å². The topological polar surface area (TPSA) is 92.8 Å². The second-order valence-electron chi connectivity index (χ2n) is 9.90. The maximum atomic E-state index is 13.3. The molecular formula is C30H25F3N2O5. The van der Waals surface area contributed by atoms with Crippen LogP contribution in [-0.2, 0) is 25.3 Å². The van der Waals surface area contributed by atoms with E-state index in [4.69, 9.17) is 4.74 Å². The third-order valence-electron chi connectivity index (χ3n) is 7.37. The summed E-state index contributed by atoms with van der Waals surface area (Å²) < 4.78 is 43.5. The molecule has 10 heteroatoms. The number of benzene rings is 3. The minimum atomic E-state index is -4.56. The van der Waals surface area contributed by atoms with Crippen molar-refractivity contribution in [2.75, 3.05) is 16.8 Å². The van der Waals surface area contributed by atoms with Gasteiger partial charge in [-0.2, -0.15) is 13.2 Å². The molecule has 1 aliphatic heterocycles. The third kappa shape index (κ3) is 5.61. The molecule has 1 heterocycles. The van der Waals surface area contributed by atoms with Gasteiger partial charge in [0.2, 0.25) is 11.8 Å². The Hall–Kier alpha value is -4.47. The van der Waals surface area contributed by atoms with E-state index in [9.17, 15) is 32.3 Å². The van der Waals surface area contributed by atoms with Crippen LogP contribution in [-0.4, -0.2) is 30.3 Å². The zero-order valence-electron chi connectivity index (χ0n) is 21.2. The van der Waals surface area contributed by atoms with Crippen LogP contribution in [0, 0.1) is 11.8 Å². The highest BCUT2D eigenvalue weighted by Crippen LogP contribution is 2.45. The molecule has 2 fully saturated rings. The maximum absolute atomic E-state index is 13.3. The summed E-state index contributed by atoms with van der Waals surface area (Å²) in [5.41, 5.74) is 0.574. The van der Waals surface area contributed by atoms with Crippen molar-refractivity contribution in [1.29, 1.82) is 0 Å². The van der Waals surface area contributed by atoms with Gasteiger partial charge in [0.25, 0.3) is 5.91 Å². The summed E-state index contributed by atoms with van der Waals surface area (Å²) in [6.45, 7) is -0.716. The summed E-state index contributed by atoms with van der Waals surface area (Å²) in [5.74, 6) is -2.71. The number of amides is 3. The first-order valence-corrected chi connectivity index (χ1v) is 12.8. The third-order valence-corrected chi connectivity index (χ3v) is 7.37. The van der Waals surface area contributed by atoms with E-state index in [0.717, 1.165) is 30.2 Å². The second kappa shape index (κ2) is 11.0. The van der Waals surface area contributed by atoms with Crippen LogP contribution in [0.2, 0.25) is 0 Å². The van der Waals surface area contributed by atoms with Crippen LogP contribution in [0.1, 0.15) is 46.7 Å². The van der Waals surface area contributed by atoms with Crippen LogP contribution in [0.15, 0.2) is 78.9 Å². The van der Waals surface area contributed by atoms with Gasteiger partial charge in [-0.3, -0.25) is 19.3 Å². The molecule has 0 spiro atoms. The highest BCUT2D eigenvalue weighted by molar-refractivity contribution is 6.22. The van der Waals surface area contributed by atoms with Gasteiger partial charge in [-0.15, -0.1) is 0 Å². The smallest absolute Gasteiger partial charge is 0.416 e. The molecule has 3 aromatic rings. The van der Waals surface area contributed by atoms with Crippen LogP contribution >= 0.6 is 0 Å². The predicted octanol–water partition coefficient (Wildman–Crippen LogP) is 5.57. The van der Waals surface area contributed by atoms with Gasteiger partial charge in [0, 0.05) is 5.69 Å². The Kier molecular flexibility index (Phi) is 7.42. The van der Waals surface area contributed by atoms with Crippen molar-refractivity contribution in [2.24, 2.45) is 11.8 Å². The standard InChI is InChI=1S/C30H25F3N2O5/c31-30(32,33)21-7-4-8-22(16-21)34-26(36)17-40-29(39)19-9-12-23(13-10-19)35-27(37)24-14-11-20(15-25(24)28(35)38)18-5-2-1-3-6-18/h1-10,12-13,16,20,24-25H,11,14-15,17H2,(H,34,36)/t20-,24+,25+/m0/s1. The summed E-state index contributed by atoms with van der Waals surface area (Å²) in [4.78, 5) is 52.1. The molecule has 3 atom stereocenters. The predicted molar refractivity (Wildman–Crippen MR) is 139 cm³/mol. The lowest BCUT2D eigenvalue weighted by atomic mass is 9.73. The monoisotopic (exact) mass is 550 g/mol. The lowest BCUT2D eigenvalue weighted by Gasteiger charge is -2.28. The van der Waals surface area contributed by atoms with E-state index in [0.29, 0.717) is 18.5 Å². The Morgan fingerprint density at radius 2 is 1.57 bits per heavy atom. The maximum Gasteiger partial charge on any atom is 0.416 e. The van der Waals surface area contributed by atoms with Crippen molar-refractivity contribution in [2.45, 2.75) is 31.4 Å². The number of hydrogen-bond donors (Lipinski definition) is 1. The molecule has 40 heavy (non-hydrogen) atoms. The van der Waals surface area contributed by atoms with Crippen molar-refractivity contribution in [3.8, 4) is 0 Å². The molecule has 5 rings (SSSR count). The van der Waals surface area contributed by atoms with Crippen LogP contribution in [0.25, 0.3) is 0 Å². The Bertz CT molecular complexity index is 1440. The summed E-state index contributed by atoms with van der Waals surface area (Å²) in [6, 6.07) is 19.7. The number of hydrogen-bond acceptors (Lipinski definition) is 5. The molecule has 1 aliphatic carbocycles. The quantitative estimate of drug-likeness (QED) is 0.320. The van der Waals surface area contributed by atoms with E-state index in [1.165, 1.54) is 35.2 Å². The van der Waals surface area contributed by atoms with Gasteiger partial charge in [0.15, 0.2) is 6.61 Å². The number of anilines is 2. The molecule has 0 radical (unpaired) electrons. The number of fused-ring (bicyclic) bond motifs is 1. The van der Waals surface area contributed by atoms with Crippen molar-refractivity contribution in [3.05, 3.63) is 95.6 Å². The normalized spacial score (nSPS) is 20.7. The average molecular weight is 551 g/mol. The van der Waals surface area contributed by atoms with Gasteiger partial charge in [-0.05, 0) is 73.2 Å². The van der Waals surface area contributed by atoms with Crippen LogP contribution in [0.3, 0.4) is 0 Å². The molecule has 0 unspecified atom stereocenters. The number of halogens is 3. The number of nitrogens with zero attached hydrogens (tertiary/aromatic N) is 1. The molecule has 3 aromatic carbocycles. The molecule has 0 bridgehead atoms. The SMILES string of the molecule is O=C(COC(=O)c1ccc(N2C(=O)[C@@H]3CC[C@H](c4ccccc4)C[C@H]3C2=O)cc1)Nc1cccc(C(F)(F)F)c1. The van der Waals surface area contributed by atoms with Gasteiger partial charge >= 0.3 is 12.1 Å². The molecule has 206 valence electrons. The Morgan fingerprint density at radius 1 is 0.875 bits per heavy atom. The van der Waals surface area contributed by atoms with E-state index >= 15 is 0 Å². The Morgan fingerprint density at radius 3 is 2.27 bits per heavy atom. The van der Waals surface area contributed by atoms with Gasteiger partial charge in [-0.25, -0.2) is 4.79 Å². The first kappa shape index (κ1) is 27.1. The molecule has 3 amide bonds. The van der Waals surface area contributed by atoms with Crippen molar-refractivity contribution in [1.82, 2.24) is 0 Å². The second-order valence-corrected chi connectivity index (χ2v) is 9.90. The van der Waals surface area contributed by atoms with Crippen LogP contribution < -0.4 is 10.2 Å². The zero-order valence-corrected chi connectivity index (χ0v) is 21.2. The molecule has 1 N–H and O–H groups in total. The summed E-state index contributed by atoms with van der Waals surface area (Å²) in [5, 5.41) is 2.26. The summed E-state index contributed by atoms with van der Waals surface area (Å²) in [7, 11) is 0. The van der Waals surface area contributed by atoms with Crippen LogP contribution in [0.4, 0.5) is 24.5 Å². The van der Waals surface area contributed by atoms with E-state index in [-0.39, 0.29) is 34.9 Å². The molecule has 0 aromatic heterocycles. The molecule has 1 saturated carbocycles. The fourth-order valence-corrected chi connectivity index (χ4v) is 5.39. The van der Waals surface area contributed by atoms with E-state index in [1.54, 1.807) is 0 Å². The molecule has 2 aliphatic rings. The van der Waals surface area contributed by atoms with Crippen molar-refractivity contribution < 1.29 is 37.1 Å². The highest BCUT2D eigenvalue weighted by atomic mass is 19.4. The van der Waals surface area contributed by atoms with E-state index < -0.39 is 36.1 Å². The van der Waals surface area contributed by atoms with Gasteiger partial charge in [-0.1, -0.05) is 36.4 Å². The first-order valence-electron chi connectivity index (χ1n) is 12.8. The highest BCUT2D eigenvalue weighted by Gasteiger charge is 2.50. The fraction of sp³-hybridized carbons (Fsp3) is 0.267. The number of esters is 1. The van der Waals surface area contributed by atoms with Gasteiger partial charge in [0.1, 0.15) is 0 Å². The van der Waals surface area contributed by atoms with Gasteiger partial charge in [0.05, 0.1) is 28.7 Å². The lowest BCUT2D eigenvalue weighted by Crippen LogP contribution is -2.30. The number of alkyl halides is 3. The Balaban J connectivity index is 1.18. The lowest BCUT2D eigenvalue weighted by molar-refractivity contribution is -0.137. The molecular weight excluding hydrogens is 525 g/mol. The fourth-order valence-electron chi connectivity index (χ4n) is 5.39. The average Bonchev–Trinajstić information content (AvgIpc) is 3.20. The zero-order chi connectivity index (χ0) is 28.4. The number of imide groups is 1. The number of carbonyl (C=O) groups is 4. The number of carbonyl (C=O) groups excluding carboxylic acids is 4. The first-order chi connectivity index (χ1) is 19.1. The number of rotatable bonds is 6. The van der Waals surface area contributed by atoms with E-state index in [1.807, 2.05) is 30.3 Å². The minimum Gasteiger partial charge on any atom is -0.452 e. The summed E-state index contributed by atoms with van der Waals surface area (Å²) in [6.07, 6.45) is -2.52. The van der Waals surface area contributed by atoms with Gasteiger partial charge < -0.3 is 10.1 Å². The summed E-state index contributed by atoms with van der Waals surface area (Å²) >= 11 is 0. The Labute approximate surface area is 227 Å². The van der Waals surface area contributed by atoms with Crippen molar-refractivity contribution >= 4 is 35.1 Å². The molecule has 7 nitrogen and oxygen atoms in total. The number of nitrogens with one attached hydrogen (secondary N) is 1. The molecule has 1 saturated heterocycles. The van der Waals surface area contributed by atoms with E-state index in [2.05, 4.69) is 5.32 Å². The largest absolute Gasteiger partial charge is 0.452 e.